The molecule has 1 fully saturated rings. The van der Waals surface area contributed by atoms with E-state index in [0.717, 1.165) is 12.6 Å². The fraction of sp³-hybridized carbons (Fsp3) is 0.462. The second-order valence-electron chi connectivity index (χ2n) is 4.46. The predicted molar refractivity (Wildman–Crippen MR) is 66.0 cm³/mol. The highest BCUT2D eigenvalue weighted by atomic mass is 19.1. The summed E-state index contributed by atoms with van der Waals surface area (Å²) in [6.45, 7) is 3.65. The number of hydrogen-bond donors (Lipinski definition) is 2. The Balaban J connectivity index is 2.01. The Morgan fingerprint density at radius 3 is 3.00 bits per heavy atom. The minimum absolute atomic E-state index is 0.173. The van der Waals surface area contributed by atoms with E-state index in [-0.39, 0.29) is 18.2 Å². The number of carbonyl (C=O) groups is 1. The van der Waals surface area contributed by atoms with Gasteiger partial charge in [0.15, 0.2) is 0 Å². The van der Waals surface area contributed by atoms with E-state index in [1.807, 2.05) is 0 Å². The quantitative estimate of drug-likeness (QED) is 0.861. The average Bonchev–Trinajstić information content (AvgIpc) is 2.42. The SMILES string of the molecule is Cc1ccc(F)c(C(=O)NCC2CNCCO2)c1F. The standard InChI is InChI=1S/C13H16F2N2O2/c1-8-2-3-10(14)11(12(8)15)13(18)17-7-9-6-16-4-5-19-9/h2-3,9,16H,4-7H2,1H3,(H,17,18). The highest BCUT2D eigenvalue weighted by molar-refractivity contribution is 5.95. The maximum atomic E-state index is 13.7. The van der Waals surface area contributed by atoms with E-state index >= 15 is 0 Å². The summed E-state index contributed by atoms with van der Waals surface area (Å²) in [5.74, 6) is -2.43. The van der Waals surface area contributed by atoms with Gasteiger partial charge in [0.25, 0.3) is 5.91 Å². The normalized spacial score (nSPS) is 19.2. The first kappa shape index (κ1) is 13.9. The fourth-order valence-corrected chi connectivity index (χ4v) is 1.91. The molecule has 1 aliphatic heterocycles. The minimum atomic E-state index is -0.858. The number of amides is 1. The first-order chi connectivity index (χ1) is 9.09. The molecule has 1 unspecified atom stereocenters. The third-order valence-electron chi connectivity index (χ3n) is 3.01. The van der Waals surface area contributed by atoms with Gasteiger partial charge in [-0.1, -0.05) is 6.07 Å². The van der Waals surface area contributed by atoms with Crippen molar-refractivity contribution in [2.24, 2.45) is 0 Å². The molecule has 1 heterocycles. The fourth-order valence-electron chi connectivity index (χ4n) is 1.91. The van der Waals surface area contributed by atoms with Gasteiger partial charge in [-0.3, -0.25) is 4.79 Å². The van der Waals surface area contributed by atoms with Crippen LogP contribution in [0.4, 0.5) is 8.78 Å². The van der Waals surface area contributed by atoms with Gasteiger partial charge in [0.05, 0.1) is 12.7 Å². The highest BCUT2D eigenvalue weighted by Gasteiger charge is 2.20. The number of benzene rings is 1. The molecule has 0 aromatic heterocycles. The van der Waals surface area contributed by atoms with Crippen molar-refractivity contribution in [1.82, 2.24) is 10.6 Å². The summed E-state index contributed by atoms with van der Waals surface area (Å²) in [6.07, 6.45) is -0.173. The number of carbonyl (C=O) groups excluding carboxylic acids is 1. The second kappa shape index (κ2) is 6.08. The van der Waals surface area contributed by atoms with Crippen molar-refractivity contribution in [3.63, 3.8) is 0 Å². The van der Waals surface area contributed by atoms with Gasteiger partial charge in [0.2, 0.25) is 0 Å². The van der Waals surface area contributed by atoms with Gasteiger partial charge in [-0.05, 0) is 18.6 Å². The molecular formula is C13H16F2N2O2. The summed E-state index contributed by atoms with van der Waals surface area (Å²) in [7, 11) is 0. The number of rotatable bonds is 3. The summed E-state index contributed by atoms with van der Waals surface area (Å²) < 4.78 is 32.6. The molecule has 6 heteroatoms. The van der Waals surface area contributed by atoms with Gasteiger partial charge in [-0.15, -0.1) is 0 Å². The lowest BCUT2D eigenvalue weighted by atomic mass is 10.1. The molecule has 104 valence electrons. The Labute approximate surface area is 110 Å². The van der Waals surface area contributed by atoms with Crippen molar-refractivity contribution in [2.75, 3.05) is 26.2 Å². The molecule has 0 spiro atoms. The first-order valence-electron chi connectivity index (χ1n) is 6.14. The maximum absolute atomic E-state index is 13.7. The number of hydrogen-bond acceptors (Lipinski definition) is 3. The Hall–Kier alpha value is -1.53. The number of aryl methyl sites for hydroxylation is 1. The zero-order chi connectivity index (χ0) is 13.8. The maximum Gasteiger partial charge on any atom is 0.257 e. The molecule has 1 aromatic rings. The lowest BCUT2D eigenvalue weighted by Gasteiger charge is -2.23. The zero-order valence-electron chi connectivity index (χ0n) is 10.6. The second-order valence-corrected chi connectivity index (χ2v) is 4.46. The van der Waals surface area contributed by atoms with Gasteiger partial charge >= 0.3 is 0 Å². The number of halogens is 2. The van der Waals surface area contributed by atoms with Crippen molar-refractivity contribution in [1.29, 1.82) is 0 Å². The monoisotopic (exact) mass is 270 g/mol. The molecule has 1 aromatic carbocycles. The van der Waals surface area contributed by atoms with E-state index in [4.69, 9.17) is 4.74 Å². The van der Waals surface area contributed by atoms with Gasteiger partial charge in [0, 0.05) is 19.6 Å². The van der Waals surface area contributed by atoms with Crippen LogP contribution in [0.3, 0.4) is 0 Å². The molecular weight excluding hydrogens is 254 g/mol. The molecule has 2 rings (SSSR count). The van der Waals surface area contributed by atoms with E-state index in [1.54, 1.807) is 0 Å². The van der Waals surface area contributed by atoms with Crippen LogP contribution in [0, 0.1) is 18.6 Å². The van der Waals surface area contributed by atoms with E-state index in [9.17, 15) is 13.6 Å². The van der Waals surface area contributed by atoms with Gasteiger partial charge in [0.1, 0.15) is 17.2 Å². The van der Waals surface area contributed by atoms with Crippen LogP contribution in [-0.4, -0.2) is 38.3 Å². The lowest BCUT2D eigenvalue weighted by molar-refractivity contribution is 0.0286. The Kier molecular flexibility index (Phi) is 4.44. The van der Waals surface area contributed by atoms with Crippen molar-refractivity contribution >= 4 is 5.91 Å². The van der Waals surface area contributed by atoms with Crippen molar-refractivity contribution < 1.29 is 18.3 Å². The molecule has 0 saturated carbocycles. The number of ether oxygens (including phenoxy) is 1. The molecule has 19 heavy (non-hydrogen) atoms. The van der Waals surface area contributed by atoms with Crippen LogP contribution >= 0.6 is 0 Å². The van der Waals surface area contributed by atoms with Crippen LogP contribution in [0.15, 0.2) is 12.1 Å². The summed E-state index contributed by atoms with van der Waals surface area (Å²) in [4.78, 5) is 11.8. The van der Waals surface area contributed by atoms with Crippen LogP contribution in [0.1, 0.15) is 15.9 Å². The number of morpholine rings is 1. The van der Waals surface area contributed by atoms with Crippen LogP contribution in [0.2, 0.25) is 0 Å². The highest BCUT2D eigenvalue weighted by Crippen LogP contribution is 2.16. The zero-order valence-corrected chi connectivity index (χ0v) is 10.6. The molecule has 1 atom stereocenters. The Bertz CT molecular complexity index is 474. The molecule has 1 saturated heterocycles. The third-order valence-corrected chi connectivity index (χ3v) is 3.01. The molecule has 0 aliphatic carbocycles. The molecule has 0 radical (unpaired) electrons. The summed E-state index contributed by atoms with van der Waals surface area (Å²) >= 11 is 0. The van der Waals surface area contributed by atoms with E-state index in [0.29, 0.717) is 13.2 Å². The van der Waals surface area contributed by atoms with Gasteiger partial charge in [-0.25, -0.2) is 8.78 Å². The molecule has 0 bridgehead atoms. The summed E-state index contributed by atoms with van der Waals surface area (Å²) in [6, 6.07) is 2.39. The van der Waals surface area contributed by atoms with Crippen molar-refractivity contribution in [3.8, 4) is 0 Å². The third kappa shape index (κ3) is 3.27. The topological polar surface area (TPSA) is 50.4 Å². The van der Waals surface area contributed by atoms with Crippen molar-refractivity contribution in [2.45, 2.75) is 13.0 Å². The van der Waals surface area contributed by atoms with E-state index in [2.05, 4.69) is 10.6 Å². The molecule has 4 nitrogen and oxygen atoms in total. The summed E-state index contributed by atoms with van der Waals surface area (Å²) in [5.41, 5.74) is -0.300. The Morgan fingerprint density at radius 1 is 1.53 bits per heavy atom. The largest absolute Gasteiger partial charge is 0.374 e. The molecule has 2 N–H and O–H groups in total. The van der Waals surface area contributed by atoms with Crippen LogP contribution < -0.4 is 10.6 Å². The average molecular weight is 270 g/mol. The van der Waals surface area contributed by atoms with Crippen LogP contribution in [-0.2, 0) is 4.74 Å². The first-order valence-corrected chi connectivity index (χ1v) is 6.14. The van der Waals surface area contributed by atoms with Crippen LogP contribution in [0.5, 0.6) is 0 Å². The molecule has 1 amide bonds. The Morgan fingerprint density at radius 2 is 2.32 bits per heavy atom. The predicted octanol–water partition coefficient (Wildman–Crippen LogP) is 0.991. The van der Waals surface area contributed by atoms with Gasteiger partial charge in [-0.2, -0.15) is 0 Å². The van der Waals surface area contributed by atoms with Crippen LogP contribution in [0.25, 0.3) is 0 Å². The van der Waals surface area contributed by atoms with Crippen molar-refractivity contribution in [3.05, 3.63) is 34.9 Å². The van der Waals surface area contributed by atoms with E-state index < -0.39 is 23.1 Å². The van der Waals surface area contributed by atoms with E-state index in [1.165, 1.54) is 13.0 Å². The van der Waals surface area contributed by atoms with Gasteiger partial charge < -0.3 is 15.4 Å². The molecule has 1 aliphatic rings. The smallest absolute Gasteiger partial charge is 0.257 e. The number of nitrogens with one attached hydrogen (secondary N) is 2. The summed E-state index contributed by atoms with van der Waals surface area (Å²) in [5, 5.41) is 5.60. The lowest BCUT2D eigenvalue weighted by Crippen LogP contribution is -2.45. The minimum Gasteiger partial charge on any atom is -0.374 e.